The molecule has 0 aliphatic rings. The van der Waals surface area contributed by atoms with E-state index in [-0.39, 0.29) is 18.2 Å². The molecule has 1 aromatic carbocycles. The minimum Gasteiger partial charge on any atom is -0.494 e. The zero-order valence-corrected chi connectivity index (χ0v) is 15.7. The van der Waals surface area contributed by atoms with E-state index in [1.807, 2.05) is 50.2 Å². The molecule has 0 bridgehead atoms. The summed E-state index contributed by atoms with van der Waals surface area (Å²) in [6, 6.07) is 12.8. The van der Waals surface area contributed by atoms with Crippen LogP contribution in [0.4, 0.5) is 0 Å². The maximum absolute atomic E-state index is 12.2. The average Bonchev–Trinajstić information content (AvgIpc) is 3.18. The molecule has 0 saturated carbocycles. The minimum atomic E-state index is -0.697. The monoisotopic (exact) mass is 382 g/mol. The SMILES string of the molecule is CC(C)N(Cc1ccco1)N=Cc1c(O)n(Cc2ccccc2)c(=O)[nH]c1=O. The second kappa shape index (κ2) is 8.43. The summed E-state index contributed by atoms with van der Waals surface area (Å²) >= 11 is 0. The molecule has 0 saturated heterocycles. The summed E-state index contributed by atoms with van der Waals surface area (Å²) < 4.78 is 6.44. The highest BCUT2D eigenvalue weighted by atomic mass is 16.3. The normalized spacial score (nSPS) is 11.4. The molecular formula is C20H22N4O4. The van der Waals surface area contributed by atoms with Crippen molar-refractivity contribution in [3.8, 4) is 5.88 Å². The van der Waals surface area contributed by atoms with Gasteiger partial charge in [0.05, 0.1) is 25.6 Å². The Morgan fingerprint density at radius 2 is 1.96 bits per heavy atom. The topological polar surface area (TPSA) is 104 Å². The maximum atomic E-state index is 12.2. The van der Waals surface area contributed by atoms with Crippen molar-refractivity contribution in [3.63, 3.8) is 0 Å². The summed E-state index contributed by atoms with van der Waals surface area (Å²) in [5, 5.41) is 16.6. The number of benzene rings is 1. The molecule has 2 N–H and O–H groups in total. The van der Waals surface area contributed by atoms with Gasteiger partial charge < -0.3 is 9.52 Å². The predicted molar refractivity (Wildman–Crippen MR) is 106 cm³/mol. The molecule has 0 aliphatic carbocycles. The molecule has 8 nitrogen and oxygen atoms in total. The Bertz CT molecular complexity index is 1050. The third kappa shape index (κ3) is 4.40. The van der Waals surface area contributed by atoms with Crippen LogP contribution in [0.3, 0.4) is 0 Å². The number of hydrogen-bond acceptors (Lipinski definition) is 6. The quantitative estimate of drug-likeness (QED) is 0.481. The van der Waals surface area contributed by atoms with Crippen LogP contribution in [0.15, 0.2) is 67.8 Å². The first kappa shape index (κ1) is 19.2. The largest absolute Gasteiger partial charge is 0.494 e. The van der Waals surface area contributed by atoms with Crippen molar-refractivity contribution in [1.82, 2.24) is 14.6 Å². The van der Waals surface area contributed by atoms with Crippen LogP contribution in [0.5, 0.6) is 5.88 Å². The van der Waals surface area contributed by atoms with Crippen molar-refractivity contribution in [3.05, 3.63) is 86.5 Å². The molecule has 0 aliphatic heterocycles. The van der Waals surface area contributed by atoms with E-state index in [1.165, 1.54) is 6.21 Å². The molecule has 0 radical (unpaired) electrons. The number of aromatic hydroxyl groups is 1. The summed E-state index contributed by atoms with van der Waals surface area (Å²) in [7, 11) is 0. The Labute approximate surface area is 161 Å². The van der Waals surface area contributed by atoms with Crippen LogP contribution in [-0.4, -0.2) is 31.9 Å². The fourth-order valence-corrected chi connectivity index (χ4v) is 2.65. The number of furan rings is 1. The van der Waals surface area contributed by atoms with Gasteiger partial charge in [0.2, 0.25) is 5.88 Å². The number of hydrogen-bond donors (Lipinski definition) is 2. The molecule has 0 unspecified atom stereocenters. The Morgan fingerprint density at radius 1 is 1.21 bits per heavy atom. The molecule has 3 rings (SSSR count). The van der Waals surface area contributed by atoms with E-state index in [4.69, 9.17) is 4.42 Å². The van der Waals surface area contributed by atoms with Crippen molar-refractivity contribution < 1.29 is 9.52 Å². The van der Waals surface area contributed by atoms with Crippen LogP contribution in [0.25, 0.3) is 0 Å². The van der Waals surface area contributed by atoms with Crippen LogP contribution < -0.4 is 11.2 Å². The fraction of sp³-hybridized carbons (Fsp3) is 0.250. The molecule has 3 aromatic rings. The van der Waals surface area contributed by atoms with Gasteiger partial charge in [0.1, 0.15) is 11.3 Å². The van der Waals surface area contributed by atoms with Gasteiger partial charge in [0, 0.05) is 6.04 Å². The van der Waals surface area contributed by atoms with Crippen LogP contribution in [-0.2, 0) is 13.1 Å². The van der Waals surface area contributed by atoms with E-state index in [0.717, 1.165) is 15.9 Å². The zero-order valence-electron chi connectivity index (χ0n) is 15.7. The molecule has 28 heavy (non-hydrogen) atoms. The highest BCUT2D eigenvalue weighted by molar-refractivity contribution is 5.81. The number of nitrogens with one attached hydrogen (secondary N) is 1. The van der Waals surface area contributed by atoms with Crippen molar-refractivity contribution in [2.75, 3.05) is 0 Å². The molecule has 146 valence electrons. The summed E-state index contributed by atoms with van der Waals surface area (Å²) in [4.78, 5) is 26.6. The number of aromatic nitrogens is 2. The molecule has 0 amide bonds. The Kier molecular flexibility index (Phi) is 5.78. The first-order chi connectivity index (χ1) is 13.5. The van der Waals surface area contributed by atoms with E-state index >= 15 is 0 Å². The molecular weight excluding hydrogens is 360 g/mol. The lowest BCUT2D eigenvalue weighted by molar-refractivity contribution is 0.207. The third-order valence-electron chi connectivity index (χ3n) is 4.22. The lowest BCUT2D eigenvalue weighted by Crippen LogP contribution is -2.33. The summed E-state index contributed by atoms with van der Waals surface area (Å²) in [5.74, 6) is 0.293. The zero-order chi connectivity index (χ0) is 20.1. The van der Waals surface area contributed by atoms with Gasteiger partial charge in [-0.2, -0.15) is 5.10 Å². The van der Waals surface area contributed by atoms with Gasteiger partial charge in [-0.15, -0.1) is 0 Å². The lowest BCUT2D eigenvalue weighted by atomic mass is 10.2. The van der Waals surface area contributed by atoms with E-state index < -0.39 is 17.1 Å². The molecule has 2 aromatic heterocycles. The van der Waals surface area contributed by atoms with Gasteiger partial charge in [-0.3, -0.25) is 19.4 Å². The average molecular weight is 382 g/mol. The van der Waals surface area contributed by atoms with E-state index in [9.17, 15) is 14.7 Å². The van der Waals surface area contributed by atoms with Crippen molar-refractivity contribution in [2.24, 2.45) is 5.10 Å². The van der Waals surface area contributed by atoms with Crippen LogP contribution in [0.2, 0.25) is 0 Å². The van der Waals surface area contributed by atoms with Gasteiger partial charge in [-0.05, 0) is 31.5 Å². The Balaban J connectivity index is 1.92. The van der Waals surface area contributed by atoms with E-state index in [0.29, 0.717) is 6.54 Å². The fourth-order valence-electron chi connectivity index (χ4n) is 2.65. The van der Waals surface area contributed by atoms with Gasteiger partial charge >= 0.3 is 5.69 Å². The smallest absolute Gasteiger partial charge is 0.331 e. The minimum absolute atomic E-state index is 0.0257. The van der Waals surface area contributed by atoms with Crippen LogP contribution >= 0.6 is 0 Å². The molecule has 2 heterocycles. The van der Waals surface area contributed by atoms with Gasteiger partial charge in [-0.1, -0.05) is 30.3 Å². The third-order valence-corrected chi connectivity index (χ3v) is 4.22. The summed E-state index contributed by atoms with van der Waals surface area (Å²) in [6.07, 6.45) is 2.84. The van der Waals surface area contributed by atoms with Crippen LogP contribution in [0.1, 0.15) is 30.7 Å². The number of aromatic amines is 1. The second-order valence-corrected chi connectivity index (χ2v) is 6.58. The lowest BCUT2D eigenvalue weighted by Gasteiger charge is -2.22. The standard InChI is InChI=1S/C20H22N4O4/c1-14(2)24(13-16-9-6-10-28-16)21-11-17-18(25)22-20(27)23(19(17)26)12-15-7-4-3-5-8-15/h3-11,14,26H,12-13H2,1-2H3,(H,22,25,27). The number of nitrogens with zero attached hydrogens (tertiary/aromatic N) is 3. The number of rotatable bonds is 7. The number of H-pyrrole nitrogens is 1. The maximum Gasteiger partial charge on any atom is 0.331 e. The van der Waals surface area contributed by atoms with Gasteiger partial charge in [0.15, 0.2) is 0 Å². The molecule has 0 fully saturated rings. The van der Waals surface area contributed by atoms with E-state index in [2.05, 4.69) is 10.1 Å². The highest BCUT2D eigenvalue weighted by Crippen LogP contribution is 2.13. The molecule has 8 heteroatoms. The van der Waals surface area contributed by atoms with Gasteiger partial charge in [-0.25, -0.2) is 4.79 Å². The Morgan fingerprint density at radius 3 is 2.61 bits per heavy atom. The second-order valence-electron chi connectivity index (χ2n) is 6.58. The van der Waals surface area contributed by atoms with Crippen molar-refractivity contribution in [2.45, 2.75) is 33.0 Å². The highest BCUT2D eigenvalue weighted by Gasteiger charge is 2.14. The number of hydrazone groups is 1. The summed E-state index contributed by atoms with van der Waals surface area (Å²) in [5.41, 5.74) is -0.644. The first-order valence-electron chi connectivity index (χ1n) is 8.88. The molecule has 0 atom stereocenters. The molecule has 0 spiro atoms. The van der Waals surface area contributed by atoms with Crippen LogP contribution in [0, 0.1) is 0 Å². The van der Waals surface area contributed by atoms with Crippen molar-refractivity contribution in [1.29, 1.82) is 0 Å². The summed E-state index contributed by atoms with van der Waals surface area (Å²) in [6.45, 7) is 4.42. The van der Waals surface area contributed by atoms with E-state index in [1.54, 1.807) is 17.3 Å². The van der Waals surface area contributed by atoms with Gasteiger partial charge in [0.25, 0.3) is 5.56 Å². The van der Waals surface area contributed by atoms with Crippen molar-refractivity contribution >= 4 is 6.21 Å². The first-order valence-corrected chi connectivity index (χ1v) is 8.88. The predicted octanol–water partition coefficient (Wildman–Crippen LogP) is 2.13. The Hall–Kier alpha value is -3.55.